The largest absolute Gasteiger partial charge is 0.316 e. The van der Waals surface area contributed by atoms with Crippen LogP contribution in [0.4, 0.5) is 0 Å². The lowest BCUT2D eigenvalue weighted by molar-refractivity contribution is 0.218. The molecule has 64 valence electrons. The van der Waals surface area contributed by atoms with Gasteiger partial charge in [0, 0.05) is 6.54 Å². The smallest absolute Gasteiger partial charge is 0.000804 e. The van der Waals surface area contributed by atoms with Crippen molar-refractivity contribution in [3.63, 3.8) is 0 Å². The summed E-state index contributed by atoms with van der Waals surface area (Å²) in [4.78, 5) is 0. The van der Waals surface area contributed by atoms with Gasteiger partial charge in [-0.3, -0.25) is 0 Å². The van der Waals surface area contributed by atoms with Gasteiger partial charge in [0.05, 0.1) is 0 Å². The van der Waals surface area contributed by atoms with Crippen molar-refractivity contribution in [3.05, 3.63) is 0 Å². The molecule has 1 spiro atoms. The molecule has 0 aromatic rings. The van der Waals surface area contributed by atoms with Gasteiger partial charge >= 0.3 is 0 Å². The minimum Gasteiger partial charge on any atom is -0.316 e. The lowest BCUT2D eigenvalue weighted by Crippen LogP contribution is -2.39. The Morgan fingerprint density at radius 2 is 2.09 bits per heavy atom. The molecule has 1 aliphatic heterocycles. The van der Waals surface area contributed by atoms with Crippen LogP contribution in [0.25, 0.3) is 0 Å². The summed E-state index contributed by atoms with van der Waals surface area (Å²) < 4.78 is 0. The van der Waals surface area contributed by atoms with Crippen molar-refractivity contribution in [3.8, 4) is 0 Å². The van der Waals surface area contributed by atoms with Crippen molar-refractivity contribution < 1.29 is 0 Å². The highest BCUT2D eigenvalue weighted by atomic mass is 14.9. The van der Waals surface area contributed by atoms with E-state index in [1.807, 2.05) is 0 Å². The van der Waals surface area contributed by atoms with Gasteiger partial charge in [0.15, 0.2) is 0 Å². The van der Waals surface area contributed by atoms with Gasteiger partial charge in [0.2, 0.25) is 0 Å². The van der Waals surface area contributed by atoms with Gasteiger partial charge in [-0.15, -0.1) is 0 Å². The van der Waals surface area contributed by atoms with E-state index in [9.17, 15) is 0 Å². The molecule has 2 aliphatic rings. The molecular formula is C10H19N. The molecule has 1 heteroatoms. The monoisotopic (exact) mass is 153 g/mol. The maximum Gasteiger partial charge on any atom is 0.000804 e. The molecule has 1 aliphatic carbocycles. The zero-order valence-electron chi connectivity index (χ0n) is 7.69. The number of hydrogen-bond donors (Lipinski definition) is 1. The molecule has 1 N–H and O–H groups in total. The maximum absolute atomic E-state index is 3.57. The molecule has 1 saturated carbocycles. The molecule has 1 atom stereocenters. The molecule has 2 rings (SSSR count). The normalized spacial score (nSPS) is 34.6. The molecule has 1 heterocycles. The fourth-order valence-corrected chi connectivity index (χ4v) is 2.25. The summed E-state index contributed by atoms with van der Waals surface area (Å²) in [7, 11) is 0. The summed E-state index contributed by atoms with van der Waals surface area (Å²) >= 11 is 0. The van der Waals surface area contributed by atoms with Crippen molar-refractivity contribution in [2.75, 3.05) is 13.1 Å². The Kier molecular flexibility index (Phi) is 1.71. The van der Waals surface area contributed by atoms with E-state index in [2.05, 4.69) is 19.2 Å². The summed E-state index contributed by atoms with van der Waals surface area (Å²) in [5.74, 6) is 1.83. The first kappa shape index (κ1) is 7.60. The molecule has 1 saturated heterocycles. The van der Waals surface area contributed by atoms with E-state index in [1.165, 1.54) is 32.4 Å². The van der Waals surface area contributed by atoms with Crippen LogP contribution in [0.2, 0.25) is 0 Å². The summed E-state index contributed by atoms with van der Waals surface area (Å²) in [6.45, 7) is 7.27. The third-order valence-corrected chi connectivity index (χ3v) is 3.50. The van der Waals surface area contributed by atoms with Crippen molar-refractivity contribution in [1.29, 1.82) is 0 Å². The molecule has 2 fully saturated rings. The van der Waals surface area contributed by atoms with E-state index < -0.39 is 0 Å². The summed E-state index contributed by atoms with van der Waals surface area (Å²) in [6.07, 6.45) is 4.48. The summed E-state index contributed by atoms with van der Waals surface area (Å²) in [5.41, 5.74) is 0.771. The Bertz CT molecular complexity index is 147. The second-order valence-electron chi connectivity index (χ2n) is 4.84. The minimum atomic E-state index is 0.771. The number of hydrogen-bond acceptors (Lipinski definition) is 1. The van der Waals surface area contributed by atoms with Crippen LogP contribution in [0.1, 0.15) is 33.1 Å². The molecule has 11 heavy (non-hydrogen) atoms. The summed E-state index contributed by atoms with van der Waals surface area (Å²) in [6, 6.07) is 0. The van der Waals surface area contributed by atoms with Crippen molar-refractivity contribution in [2.45, 2.75) is 33.1 Å². The van der Waals surface area contributed by atoms with Crippen LogP contribution in [-0.2, 0) is 0 Å². The lowest BCUT2D eigenvalue weighted by Gasteiger charge is -2.32. The Balaban J connectivity index is 1.93. The van der Waals surface area contributed by atoms with Gasteiger partial charge in [-0.2, -0.15) is 0 Å². The molecule has 1 nitrogen and oxygen atoms in total. The standard InChI is InChI=1S/C10H19N/c1-8(2)9-5-10(3-4-10)7-11-6-9/h8-9,11H,3-7H2,1-2H3/t9-/m1/s1. The van der Waals surface area contributed by atoms with Gasteiger partial charge in [-0.25, -0.2) is 0 Å². The topological polar surface area (TPSA) is 12.0 Å². The van der Waals surface area contributed by atoms with E-state index in [-0.39, 0.29) is 0 Å². The van der Waals surface area contributed by atoms with Gasteiger partial charge in [-0.1, -0.05) is 13.8 Å². The highest BCUT2D eigenvalue weighted by Gasteiger charge is 2.46. The zero-order valence-corrected chi connectivity index (χ0v) is 7.69. The average molecular weight is 153 g/mol. The van der Waals surface area contributed by atoms with Crippen LogP contribution < -0.4 is 5.32 Å². The van der Waals surface area contributed by atoms with Gasteiger partial charge in [0.25, 0.3) is 0 Å². The number of piperidine rings is 1. The lowest BCUT2D eigenvalue weighted by atomic mass is 9.81. The second kappa shape index (κ2) is 2.48. The van der Waals surface area contributed by atoms with Crippen LogP contribution in [0, 0.1) is 17.3 Å². The van der Waals surface area contributed by atoms with Crippen LogP contribution in [-0.4, -0.2) is 13.1 Å². The fourth-order valence-electron chi connectivity index (χ4n) is 2.25. The molecule has 0 radical (unpaired) electrons. The third kappa shape index (κ3) is 1.44. The Labute approximate surface area is 69.6 Å². The van der Waals surface area contributed by atoms with E-state index >= 15 is 0 Å². The van der Waals surface area contributed by atoms with Crippen LogP contribution >= 0.6 is 0 Å². The van der Waals surface area contributed by atoms with Crippen molar-refractivity contribution in [1.82, 2.24) is 5.32 Å². The number of nitrogens with one attached hydrogen (secondary N) is 1. The van der Waals surface area contributed by atoms with E-state index in [4.69, 9.17) is 0 Å². The predicted molar refractivity (Wildman–Crippen MR) is 47.5 cm³/mol. The highest BCUT2D eigenvalue weighted by Crippen LogP contribution is 2.52. The fraction of sp³-hybridized carbons (Fsp3) is 1.00. The number of rotatable bonds is 1. The van der Waals surface area contributed by atoms with E-state index in [0.717, 1.165) is 17.3 Å². The average Bonchev–Trinajstić information content (AvgIpc) is 2.69. The Morgan fingerprint density at radius 3 is 2.64 bits per heavy atom. The van der Waals surface area contributed by atoms with Gasteiger partial charge in [0.1, 0.15) is 0 Å². The second-order valence-corrected chi connectivity index (χ2v) is 4.84. The molecule has 0 unspecified atom stereocenters. The zero-order chi connectivity index (χ0) is 7.90. The summed E-state index contributed by atoms with van der Waals surface area (Å²) in [5, 5.41) is 3.57. The molecule has 0 aromatic heterocycles. The van der Waals surface area contributed by atoms with Crippen LogP contribution in [0.3, 0.4) is 0 Å². The van der Waals surface area contributed by atoms with Gasteiger partial charge < -0.3 is 5.32 Å². The minimum absolute atomic E-state index is 0.771. The van der Waals surface area contributed by atoms with Crippen LogP contribution in [0.5, 0.6) is 0 Å². The molecule has 0 amide bonds. The predicted octanol–water partition coefficient (Wildman–Crippen LogP) is 2.03. The molecule has 0 aromatic carbocycles. The van der Waals surface area contributed by atoms with Crippen LogP contribution in [0.15, 0.2) is 0 Å². The first-order valence-corrected chi connectivity index (χ1v) is 4.93. The first-order valence-electron chi connectivity index (χ1n) is 4.93. The van der Waals surface area contributed by atoms with Crippen molar-refractivity contribution in [2.24, 2.45) is 17.3 Å². The highest BCUT2D eigenvalue weighted by molar-refractivity contribution is 4.99. The Hall–Kier alpha value is -0.0400. The SMILES string of the molecule is CC(C)[C@H]1CNCC2(CC2)C1. The Morgan fingerprint density at radius 1 is 1.36 bits per heavy atom. The maximum atomic E-state index is 3.57. The third-order valence-electron chi connectivity index (χ3n) is 3.50. The van der Waals surface area contributed by atoms with Crippen molar-refractivity contribution >= 4 is 0 Å². The van der Waals surface area contributed by atoms with E-state index in [1.54, 1.807) is 0 Å². The molecular weight excluding hydrogens is 134 g/mol. The molecule has 0 bridgehead atoms. The quantitative estimate of drug-likeness (QED) is 0.608. The first-order chi connectivity index (χ1) is 5.22. The van der Waals surface area contributed by atoms with Gasteiger partial charge in [-0.05, 0) is 43.1 Å². The van der Waals surface area contributed by atoms with E-state index in [0.29, 0.717) is 0 Å².